The molecule has 0 amide bonds. The second-order valence-electron chi connectivity index (χ2n) is 13.3. The van der Waals surface area contributed by atoms with Gasteiger partial charge in [-0.25, -0.2) is 0 Å². The molecule has 2 fully saturated rings. The van der Waals surface area contributed by atoms with E-state index in [1.165, 1.54) is 16.7 Å². The fourth-order valence-electron chi connectivity index (χ4n) is 8.17. The van der Waals surface area contributed by atoms with Gasteiger partial charge in [0.05, 0.1) is 0 Å². The van der Waals surface area contributed by atoms with E-state index in [4.69, 9.17) is 23.9 Å². The van der Waals surface area contributed by atoms with E-state index in [1.807, 2.05) is 0 Å². The molecule has 1 aliphatic heterocycles. The van der Waals surface area contributed by atoms with Gasteiger partial charge in [0.15, 0.2) is 0 Å². The van der Waals surface area contributed by atoms with Gasteiger partial charge < -0.3 is 17.3 Å². The van der Waals surface area contributed by atoms with Crippen LogP contribution in [0.25, 0.3) is 10.9 Å². The number of hydrogen-bond acceptors (Lipinski definition) is 1. The van der Waals surface area contributed by atoms with Crippen LogP contribution in [0, 0.1) is 31.1 Å². The van der Waals surface area contributed by atoms with Crippen LogP contribution in [0.1, 0.15) is 45.2 Å². The monoisotopic (exact) mass is 640 g/mol. The van der Waals surface area contributed by atoms with E-state index in [0.29, 0.717) is 41.4 Å². The van der Waals surface area contributed by atoms with Gasteiger partial charge in [0.1, 0.15) is 8.24 Å². The fourth-order valence-corrected chi connectivity index (χ4v) is 13.1. The fraction of sp³-hybridized carbons (Fsp3) is 0.457. The summed E-state index contributed by atoms with van der Waals surface area (Å²) >= 11 is -0.556. The zero-order valence-electron chi connectivity index (χ0n) is 25.6. The normalized spacial score (nSPS) is 33.2. The Morgan fingerprint density at radius 1 is 0.829 bits per heavy atom. The minimum atomic E-state index is -1.92. The third-order valence-electron chi connectivity index (χ3n) is 9.85. The average molecular weight is 642 g/mol. The predicted molar refractivity (Wildman–Crippen MR) is 179 cm³/mol. The van der Waals surface area contributed by atoms with Gasteiger partial charge in [-0.2, -0.15) is 0 Å². The summed E-state index contributed by atoms with van der Waals surface area (Å²) in [4.78, 5) is 0. The molecule has 1 aromatic carbocycles. The summed E-state index contributed by atoms with van der Waals surface area (Å²) in [5.74, 6) is 2.50. The molecule has 4 aliphatic carbocycles. The van der Waals surface area contributed by atoms with Crippen molar-refractivity contribution in [2.75, 3.05) is 0 Å². The molecule has 0 bridgehead atoms. The van der Waals surface area contributed by atoms with Crippen molar-refractivity contribution in [1.29, 1.82) is 0 Å². The molecule has 0 spiro atoms. The van der Waals surface area contributed by atoms with Gasteiger partial charge in [0.25, 0.3) is 0 Å². The molecule has 1 aromatic rings. The topological polar surface area (TPSA) is 17.3 Å². The Morgan fingerprint density at radius 2 is 1.34 bits per heavy atom. The Balaban J connectivity index is 0.000000929. The van der Waals surface area contributed by atoms with Crippen LogP contribution in [0.4, 0.5) is 0 Å². The van der Waals surface area contributed by atoms with E-state index in [1.54, 1.807) is 0 Å². The van der Waals surface area contributed by atoms with Gasteiger partial charge in [-0.05, 0) is 45.8 Å². The van der Waals surface area contributed by atoms with Crippen LogP contribution >= 0.6 is 18.6 Å². The molecule has 1 saturated heterocycles. The van der Waals surface area contributed by atoms with E-state index in [2.05, 4.69) is 136 Å². The van der Waals surface area contributed by atoms with Crippen LogP contribution in [-0.4, -0.2) is 31.1 Å². The van der Waals surface area contributed by atoms with E-state index in [0.717, 1.165) is 6.42 Å². The molecular weight excluding hydrogens is 595 g/mol. The van der Waals surface area contributed by atoms with Gasteiger partial charge >= 0.3 is 35.6 Å². The van der Waals surface area contributed by atoms with Crippen molar-refractivity contribution < 1.29 is 17.0 Å². The van der Waals surface area contributed by atoms with Crippen LogP contribution in [0.3, 0.4) is 0 Å². The van der Waals surface area contributed by atoms with Crippen LogP contribution in [-0.2, 0) is 22.4 Å². The third kappa shape index (κ3) is 6.21. The van der Waals surface area contributed by atoms with Crippen LogP contribution in [0.15, 0.2) is 91.1 Å². The summed E-state index contributed by atoms with van der Waals surface area (Å²) in [6.45, 7) is 14.5. The van der Waals surface area contributed by atoms with Gasteiger partial charge in [-0.1, -0.05) is 156 Å². The standard InChI is InChI=1S/C34H43N2Si.CH3.2ClH.Ti/c1-7-31-35-32-25(23-19-21-24(22-20-23)34(2,3)4)17-12-18-30(32)36(31)37(5,6)33-28-15-10-8-13-26(28)27-14-9-11-16-29(27)33;;;;/h8-22,26-33H,7H2,1-6H3;1H3;2*1H;/q2*-1;;;+2/p-2/t26?,27?,28?,29?,30-,31+,32?,33?;;;;/m1..../s1. The van der Waals surface area contributed by atoms with Crippen LogP contribution in [0.2, 0.25) is 18.6 Å². The Labute approximate surface area is 267 Å². The first-order valence-electron chi connectivity index (χ1n) is 14.8. The third-order valence-corrected chi connectivity index (χ3v) is 14.2. The van der Waals surface area contributed by atoms with Crippen molar-refractivity contribution in [3.63, 3.8) is 0 Å². The first-order chi connectivity index (χ1) is 19.1. The number of rotatable bonds is 4. The summed E-state index contributed by atoms with van der Waals surface area (Å²) in [5.41, 5.74) is 4.96. The summed E-state index contributed by atoms with van der Waals surface area (Å²) < 4.78 is 2.94. The number of hydrogen-bond donors (Lipinski definition) is 0. The van der Waals surface area contributed by atoms with E-state index in [-0.39, 0.29) is 18.9 Å². The summed E-state index contributed by atoms with van der Waals surface area (Å²) in [5, 5.41) is 5.56. The summed E-state index contributed by atoms with van der Waals surface area (Å²) in [6.07, 6.45) is 27.7. The Kier molecular flexibility index (Phi) is 10.8. The van der Waals surface area contributed by atoms with Gasteiger partial charge in [-0.3, -0.25) is 0 Å². The molecule has 2 nitrogen and oxygen atoms in total. The molecular formula is C35H46Cl2N2SiTi-2. The maximum atomic E-state index is 5.56. The van der Waals surface area contributed by atoms with Gasteiger partial charge in [-0.15, -0.1) is 0 Å². The van der Waals surface area contributed by atoms with Crippen molar-refractivity contribution in [3.05, 3.63) is 115 Å². The average Bonchev–Trinajstić information content (AvgIpc) is 3.50. The number of nitrogens with zero attached hydrogens (tertiary/aromatic N) is 2. The van der Waals surface area contributed by atoms with E-state index >= 15 is 0 Å². The second-order valence-corrected chi connectivity index (χ2v) is 20.4. The Hall–Kier alpha value is -0.909. The quantitative estimate of drug-likeness (QED) is 0.236. The zero-order chi connectivity index (χ0) is 28.7. The van der Waals surface area contributed by atoms with Crippen molar-refractivity contribution in [2.45, 2.75) is 76.4 Å². The first kappa shape index (κ1) is 33.0. The van der Waals surface area contributed by atoms with Crippen molar-refractivity contribution in [2.24, 2.45) is 23.7 Å². The minimum absolute atomic E-state index is 0. The molecule has 1 saturated carbocycles. The molecule has 0 radical (unpaired) electrons. The number of halogens is 2. The molecule has 0 aromatic heterocycles. The van der Waals surface area contributed by atoms with Crippen LogP contribution in [0.5, 0.6) is 0 Å². The second kappa shape index (κ2) is 13.4. The molecule has 0 N–H and O–H groups in total. The number of allylic oxidation sites excluding steroid dienone is 10. The predicted octanol–water partition coefficient (Wildman–Crippen LogP) is 10.2. The molecule has 6 heteroatoms. The van der Waals surface area contributed by atoms with Crippen molar-refractivity contribution in [3.8, 4) is 0 Å². The van der Waals surface area contributed by atoms with E-state index < -0.39 is 25.3 Å². The van der Waals surface area contributed by atoms with Crippen molar-refractivity contribution in [1.82, 2.24) is 4.57 Å². The van der Waals surface area contributed by atoms with Gasteiger partial charge in [0, 0.05) is 6.04 Å². The molecule has 220 valence electrons. The molecule has 5 unspecified atom stereocenters. The SMILES string of the molecule is CC[C@H]1[N-]C2C(c3ccc(C(C)(C)C)cc3)=CC=C[C@H]2N1[Si](C)(C)C1C2C=CC=CC2C2C=CC=CC21.[CH3-].[Cl][Ti][Cl]. The summed E-state index contributed by atoms with van der Waals surface area (Å²) in [7, 11) is 7.86. The van der Waals surface area contributed by atoms with Crippen molar-refractivity contribution >= 4 is 32.4 Å². The first-order valence-corrected chi connectivity index (χ1v) is 22.1. The molecule has 7 atom stereocenters. The number of fused-ring (bicyclic) bond motifs is 4. The van der Waals surface area contributed by atoms with Crippen LogP contribution < -0.4 is 0 Å². The molecule has 6 rings (SSSR count). The molecule has 5 aliphatic rings. The zero-order valence-corrected chi connectivity index (χ0v) is 29.7. The number of benzene rings is 1. The molecule has 1 heterocycles. The molecule has 41 heavy (non-hydrogen) atoms. The summed E-state index contributed by atoms with van der Waals surface area (Å²) in [6, 6.07) is 9.87. The van der Waals surface area contributed by atoms with Gasteiger partial charge in [0.2, 0.25) is 0 Å². The van der Waals surface area contributed by atoms with E-state index in [9.17, 15) is 0 Å². The Bertz CT molecular complexity index is 1210. The maximum absolute atomic E-state index is 5.56. The Morgan fingerprint density at radius 3 is 1.83 bits per heavy atom.